The van der Waals surface area contributed by atoms with Crippen molar-refractivity contribution in [2.75, 3.05) is 6.61 Å². The molecule has 0 bridgehead atoms. The summed E-state index contributed by atoms with van der Waals surface area (Å²) in [5.41, 5.74) is 3.99. The van der Waals surface area contributed by atoms with E-state index in [4.69, 9.17) is 19.2 Å². The third-order valence-electron chi connectivity index (χ3n) is 5.54. The molecular formula is C28H35NO5. The first kappa shape index (κ1) is 25.5. The quantitative estimate of drug-likeness (QED) is 0.335. The zero-order chi connectivity index (χ0) is 24.5. The van der Waals surface area contributed by atoms with Crippen LogP contribution >= 0.6 is 0 Å². The number of aliphatic carboxylic acids is 1. The summed E-state index contributed by atoms with van der Waals surface area (Å²) in [5, 5.41) is 10.3. The van der Waals surface area contributed by atoms with Crippen molar-refractivity contribution in [3.63, 3.8) is 0 Å². The number of pyridine rings is 1. The molecule has 34 heavy (non-hydrogen) atoms. The monoisotopic (exact) mass is 465 g/mol. The van der Waals surface area contributed by atoms with Crippen molar-refractivity contribution in [1.29, 1.82) is 0 Å². The van der Waals surface area contributed by atoms with Crippen LogP contribution < -0.4 is 9.47 Å². The summed E-state index contributed by atoms with van der Waals surface area (Å²) in [4.78, 5) is 16.1. The third kappa shape index (κ3) is 6.70. The molecule has 0 spiro atoms. The fourth-order valence-electron chi connectivity index (χ4n) is 3.86. The van der Waals surface area contributed by atoms with Crippen LogP contribution in [0.4, 0.5) is 0 Å². The van der Waals surface area contributed by atoms with Gasteiger partial charge < -0.3 is 19.3 Å². The van der Waals surface area contributed by atoms with E-state index in [0.717, 1.165) is 47.0 Å². The van der Waals surface area contributed by atoms with Crippen molar-refractivity contribution < 1.29 is 24.1 Å². The smallest absolute Gasteiger partial charge is 0.333 e. The van der Waals surface area contributed by atoms with Crippen LogP contribution in [-0.2, 0) is 29.0 Å². The van der Waals surface area contributed by atoms with Gasteiger partial charge in [0.15, 0.2) is 6.10 Å². The van der Waals surface area contributed by atoms with E-state index >= 15 is 0 Å². The van der Waals surface area contributed by atoms with E-state index in [1.54, 1.807) is 6.92 Å². The molecule has 6 nitrogen and oxygen atoms in total. The number of rotatable bonds is 13. The van der Waals surface area contributed by atoms with Gasteiger partial charge in [0.25, 0.3) is 0 Å². The number of aryl methyl sites for hydroxylation is 1. The molecule has 1 atom stereocenters. The van der Waals surface area contributed by atoms with Crippen LogP contribution in [0.3, 0.4) is 0 Å². The molecule has 0 amide bonds. The minimum atomic E-state index is -0.957. The van der Waals surface area contributed by atoms with E-state index < -0.39 is 12.1 Å². The van der Waals surface area contributed by atoms with Gasteiger partial charge >= 0.3 is 5.97 Å². The Balaban J connectivity index is 1.78. The molecule has 0 saturated carbocycles. The fourth-order valence-corrected chi connectivity index (χ4v) is 3.86. The Kier molecular flexibility index (Phi) is 9.28. The molecule has 2 aromatic carbocycles. The second kappa shape index (κ2) is 12.4. The molecule has 0 radical (unpaired) electrons. The molecule has 0 fully saturated rings. The number of unbranched alkanes of at least 4 members (excludes halogenated alkanes) is 1. The maximum Gasteiger partial charge on any atom is 0.333 e. The molecule has 0 aliphatic heterocycles. The lowest BCUT2D eigenvalue weighted by molar-refractivity contribution is -0.149. The van der Waals surface area contributed by atoms with E-state index in [1.165, 1.54) is 5.56 Å². The summed E-state index contributed by atoms with van der Waals surface area (Å²) in [6.45, 7) is 8.70. The largest absolute Gasteiger partial charge is 0.490 e. The van der Waals surface area contributed by atoms with Crippen molar-refractivity contribution in [2.24, 2.45) is 0 Å². The molecule has 0 aliphatic carbocycles. The fraction of sp³-hybridized carbons (Fsp3) is 0.429. The predicted molar refractivity (Wildman–Crippen MR) is 134 cm³/mol. The number of carbonyl (C=O) groups is 1. The molecular weight excluding hydrogens is 430 g/mol. The Bertz CT molecular complexity index is 1080. The van der Waals surface area contributed by atoms with Gasteiger partial charge in [-0.15, -0.1) is 0 Å². The Hall–Kier alpha value is -3.12. The van der Waals surface area contributed by atoms with Crippen LogP contribution in [0.1, 0.15) is 57.2 Å². The summed E-state index contributed by atoms with van der Waals surface area (Å²) in [6, 6.07) is 13.7. The maximum absolute atomic E-state index is 11.3. The number of para-hydroxylation sites is 1. The number of hydrogen-bond acceptors (Lipinski definition) is 5. The van der Waals surface area contributed by atoms with E-state index in [2.05, 4.69) is 25.1 Å². The number of carboxylic acid groups (broad SMARTS) is 1. The first-order valence-electron chi connectivity index (χ1n) is 12.0. The van der Waals surface area contributed by atoms with Crippen LogP contribution in [0, 0.1) is 0 Å². The molecule has 0 aliphatic rings. The second-order valence-electron chi connectivity index (χ2n) is 8.61. The predicted octanol–water partition coefficient (Wildman–Crippen LogP) is 5.98. The highest BCUT2D eigenvalue weighted by Gasteiger charge is 2.18. The summed E-state index contributed by atoms with van der Waals surface area (Å²) in [6.07, 6.45) is 4.59. The number of aromatic nitrogens is 1. The van der Waals surface area contributed by atoms with Gasteiger partial charge in [-0.05, 0) is 62.9 Å². The molecule has 1 unspecified atom stereocenters. The summed E-state index contributed by atoms with van der Waals surface area (Å²) < 4.78 is 17.6. The Morgan fingerprint density at radius 2 is 1.82 bits per heavy atom. The average molecular weight is 466 g/mol. The van der Waals surface area contributed by atoms with Crippen molar-refractivity contribution in [3.8, 4) is 11.5 Å². The van der Waals surface area contributed by atoms with Crippen LogP contribution in [0.5, 0.6) is 11.5 Å². The molecule has 3 aromatic rings. The van der Waals surface area contributed by atoms with Crippen molar-refractivity contribution in [1.82, 2.24) is 4.98 Å². The minimum absolute atomic E-state index is 0.0236. The summed E-state index contributed by atoms with van der Waals surface area (Å²) >= 11 is 0. The molecule has 0 saturated heterocycles. The lowest BCUT2D eigenvalue weighted by atomic mass is 10.0. The van der Waals surface area contributed by atoms with Gasteiger partial charge in [0, 0.05) is 24.6 Å². The second-order valence-corrected chi connectivity index (χ2v) is 8.61. The van der Waals surface area contributed by atoms with Gasteiger partial charge in [0.2, 0.25) is 0 Å². The highest BCUT2D eigenvalue weighted by Crippen LogP contribution is 2.32. The molecule has 6 heteroatoms. The minimum Gasteiger partial charge on any atom is -0.490 e. The van der Waals surface area contributed by atoms with Gasteiger partial charge in [-0.25, -0.2) is 4.79 Å². The number of hydrogen-bond donors (Lipinski definition) is 1. The third-order valence-corrected chi connectivity index (χ3v) is 5.54. The van der Waals surface area contributed by atoms with E-state index in [0.29, 0.717) is 25.4 Å². The first-order chi connectivity index (χ1) is 16.4. The Morgan fingerprint density at radius 3 is 2.47 bits per heavy atom. The lowest BCUT2D eigenvalue weighted by Crippen LogP contribution is -2.26. The molecule has 1 N–H and O–H groups in total. The van der Waals surface area contributed by atoms with Gasteiger partial charge in [0.1, 0.15) is 18.1 Å². The number of benzene rings is 2. The molecule has 3 rings (SSSR count). The summed E-state index contributed by atoms with van der Waals surface area (Å²) in [7, 11) is 0. The standard InChI is InChI=1S/C28H35NO5/c1-5-7-9-21-10-8-11-24-26(21)29-17-22(27(24)34-19(3)4)18-33-23-14-12-20(13-15-23)16-25(28(30)31)32-6-2/h8,10-15,17,19,25H,5-7,9,16,18H2,1-4H3,(H,30,31). The Morgan fingerprint density at radius 1 is 1.06 bits per heavy atom. The van der Waals surface area contributed by atoms with Gasteiger partial charge in [-0.3, -0.25) is 4.98 Å². The number of carboxylic acids is 1. The van der Waals surface area contributed by atoms with E-state index in [1.807, 2.05) is 44.3 Å². The molecule has 1 heterocycles. The highest BCUT2D eigenvalue weighted by atomic mass is 16.5. The van der Waals surface area contributed by atoms with E-state index in [9.17, 15) is 9.90 Å². The van der Waals surface area contributed by atoms with Crippen LogP contribution in [0.15, 0.2) is 48.7 Å². The molecule has 182 valence electrons. The Labute approximate surface area is 201 Å². The van der Waals surface area contributed by atoms with Gasteiger partial charge in [-0.2, -0.15) is 0 Å². The SMILES string of the molecule is CCCCc1cccc2c(OC(C)C)c(COc3ccc(CC(OCC)C(=O)O)cc3)cnc12. The van der Waals surface area contributed by atoms with Crippen molar-refractivity contribution >= 4 is 16.9 Å². The number of ether oxygens (including phenoxy) is 3. The molecule has 1 aromatic heterocycles. The zero-order valence-corrected chi connectivity index (χ0v) is 20.5. The lowest BCUT2D eigenvalue weighted by Gasteiger charge is -2.18. The number of nitrogens with zero attached hydrogens (tertiary/aromatic N) is 1. The van der Waals surface area contributed by atoms with Gasteiger partial charge in [-0.1, -0.05) is 37.6 Å². The highest BCUT2D eigenvalue weighted by molar-refractivity contribution is 5.88. The maximum atomic E-state index is 11.3. The van der Waals surface area contributed by atoms with Gasteiger partial charge in [0.05, 0.1) is 17.2 Å². The first-order valence-corrected chi connectivity index (χ1v) is 12.0. The van der Waals surface area contributed by atoms with E-state index in [-0.39, 0.29) is 6.10 Å². The number of fused-ring (bicyclic) bond motifs is 1. The van der Waals surface area contributed by atoms with Crippen molar-refractivity contribution in [2.45, 2.75) is 72.2 Å². The van der Waals surface area contributed by atoms with Crippen LogP contribution in [0.2, 0.25) is 0 Å². The van der Waals surface area contributed by atoms with Crippen molar-refractivity contribution in [3.05, 3.63) is 65.4 Å². The summed E-state index contributed by atoms with van der Waals surface area (Å²) in [5.74, 6) is 0.553. The normalized spacial score (nSPS) is 12.1. The zero-order valence-electron chi connectivity index (χ0n) is 20.5. The topological polar surface area (TPSA) is 77.9 Å². The van der Waals surface area contributed by atoms with Crippen LogP contribution in [0.25, 0.3) is 10.9 Å². The van der Waals surface area contributed by atoms with Crippen LogP contribution in [-0.4, -0.2) is 34.9 Å². The average Bonchev–Trinajstić information content (AvgIpc) is 2.82.